The summed E-state index contributed by atoms with van der Waals surface area (Å²) in [5.74, 6) is -2.00. The highest BCUT2D eigenvalue weighted by Gasteiger charge is 2.58. The molecule has 0 aromatic carbocycles. The number of hydrogen-bond donors (Lipinski definition) is 11. The van der Waals surface area contributed by atoms with Crippen molar-refractivity contribution in [3.8, 4) is 0 Å². The maximum atomic E-state index is 14.3. The molecule has 0 bridgehead atoms. The van der Waals surface area contributed by atoms with Crippen molar-refractivity contribution in [1.82, 2.24) is 0 Å². The molecule has 11 N–H and O–H groups in total. The van der Waals surface area contributed by atoms with Crippen LogP contribution in [0, 0.1) is 0 Å². The lowest BCUT2D eigenvalue weighted by Gasteiger charge is -2.49. The van der Waals surface area contributed by atoms with Gasteiger partial charge in [0.1, 0.15) is 98.7 Å². The fraction of sp³-hybridized carbons (Fsp3) is 0.929. The Kier molecular flexibility index (Phi) is 48.2. The third-order valence-electron chi connectivity index (χ3n) is 18.3. The molecule has 18 unspecified atom stereocenters. The standard InChI is InChI=1S/C70H129O24P/c1-4-7-10-13-16-19-22-25-27-30-33-36-39-42-45-55(73)87-50-53-58(76)60(78)65(83)70(91-53)93-67-63(81)61(79)62(80)66(92-69-64(82)59(77)57(75)52(47-71)90-69)68(67)94-95(84,85)88-49-51(48-86-54(72)44-41-38-35-32-29-24-21-18-15-12-9-6-3)89-56(74)46-43-40-37-34-31-28-26-23-20-17-14-11-8-5-2/h27,30,51-53,57-71,75-83H,4-26,28-29,31-50H2,1-3H3,(H,84,85)/b30-27-. The van der Waals surface area contributed by atoms with E-state index in [2.05, 4.69) is 32.9 Å². The van der Waals surface area contributed by atoms with E-state index in [9.17, 15) is 74.9 Å². The van der Waals surface area contributed by atoms with Gasteiger partial charge < -0.3 is 89.1 Å². The summed E-state index contributed by atoms with van der Waals surface area (Å²) >= 11 is 0. The number of rotatable bonds is 57. The molecule has 25 heteroatoms. The van der Waals surface area contributed by atoms with E-state index >= 15 is 0 Å². The van der Waals surface area contributed by atoms with Crippen LogP contribution in [0.4, 0.5) is 0 Å². The van der Waals surface area contributed by atoms with Gasteiger partial charge in [0.05, 0.1) is 13.2 Å². The lowest BCUT2D eigenvalue weighted by atomic mass is 9.84. The molecule has 2 aliphatic heterocycles. The van der Waals surface area contributed by atoms with Gasteiger partial charge in [-0.25, -0.2) is 4.57 Å². The Labute approximate surface area is 567 Å². The van der Waals surface area contributed by atoms with Gasteiger partial charge in [-0.05, 0) is 44.9 Å². The lowest BCUT2D eigenvalue weighted by Crippen LogP contribution is -2.69. The molecule has 18 atom stereocenters. The highest BCUT2D eigenvalue weighted by atomic mass is 31.2. The number of unbranched alkanes of at least 4 members (excludes halogenated alkanes) is 34. The number of hydrogen-bond acceptors (Lipinski definition) is 23. The molecular weight excluding hydrogens is 1260 g/mol. The van der Waals surface area contributed by atoms with Crippen LogP contribution >= 0.6 is 7.82 Å². The van der Waals surface area contributed by atoms with E-state index in [0.717, 1.165) is 96.3 Å². The normalized spacial score (nSPS) is 28.1. The van der Waals surface area contributed by atoms with E-state index in [1.807, 2.05) is 0 Å². The van der Waals surface area contributed by atoms with Crippen LogP contribution in [0.3, 0.4) is 0 Å². The average Bonchev–Trinajstić information content (AvgIpc) is 0.764. The summed E-state index contributed by atoms with van der Waals surface area (Å²) in [7, 11) is -5.69. The molecule has 0 radical (unpaired) electrons. The third-order valence-corrected chi connectivity index (χ3v) is 19.3. The number of esters is 3. The third kappa shape index (κ3) is 36.2. The second-order valence-electron chi connectivity index (χ2n) is 26.7. The molecule has 2 heterocycles. The molecule has 0 amide bonds. The van der Waals surface area contributed by atoms with Crippen molar-refractivity contribution in [1.29, 1.82) is 0 Å². The molecule has 0 aromatic rings. The van der Waals surface area contributed by atoms with Crippen LogP contribution in [0.1, 0.15) is 284 Å². The van der Waals surface area contributed by atoms with Gasteiger partial charge in [0, 0.05) is 19.3 Å². The van der Waals surface area contributed by atoms with E-state index < -0.39 is 156 Å². The number of phosphoric ester groups is 1. The first-order chi connectivity index (χ1) is 45.8. The second kappa shape index (κ2) is 52.6. The van der Waals surface area contributed by atoms with Crippen molar-refractivity contribution in [2.24, 2.45) is 0 Å². The maximum Gasteiger partial charge on any atom is 0.472 e. The first-order valence-electron chi connectivity index (χ1n) is 37.0. The van der Waals surface area contributed by atoms with E-state index in [4.69, 9.17) is 42.2 Å². The fourth-order valence-corrected chi connectivity index (χ4v) is 13.2. The minimum atomic E-state index is -5.69. The van der Waals surface area contributed by atoms with Crippen LogP contribution < -0.4 is 0 Å². The monoisotopic (exact) mass is 1380 g/mol. The summed E-state index contributed by atoms with van der Waals surface area (Å²) < 4.78 is 64.9. The number of ether oxygens (including phenoxy) is 7. The molecule has 0 aromatic heterocycles. The molecule has 3 fully saturated rings. The molecule has 2 saturated heterocycles. The van der Waals surface area contributed by atoms with Gasteiger partial charge in [0.15, 0.2) is 18.7 Å². The first-order valence-corrected chi connectivity index (χ1v) is 38.5. The van der Waals surface area contributed by atoms with Crippen LogP contribution in [0.5, 0.6) is 0 Å². The number of allylic oxidation sites excluding steroid dienone is 2. The molecule has 1 saturated carbocycles. The molecular formula is C70H129O24P. The number of carbonyl (C=O) groups excluding carboxylic acids is 3. The topological polar surface area (TPSA) is 374 Å². The number of carbonyl (C=O) groups is 3. The summed E-state index contributed by atoms with van der Waals surface area (Å²) in [6.07, 6.45) is 10.1. The zero-order valence-corrected chi connectivity index (χ0v) is 58.9. The largest absolute Gasteiger partial charge is 0.472 e. The van der Waals surface area contributed by atoms with Crippen molar-refractivity contribution in [3.05, 3.63) is 12.2 Å². The van der Waals surface area contributed by atoms with Gasteiger partial charge in [-0.15, -0.1) is 0 Å². The minimum Gasteiger partial charge on any atom is -0.463 e. The quantitative estimate of drug-likeness (QED) is 0.00887. The average molecular weight is 1390 g/mol. The predicted octanol–water partition coefficient (Wildman–Crippen LogP) is 9.57. The number of aliphatic hydroxyl groups excluding tert-OH is 10. The van der Waals surface area contributed by atoms with Gasteiger partial charge >= 0.3 is 25.7 Å². The van der Waals surface area contributed by atoms with Crippen molar-refractivity contribution < 1.29 is 117 Å². The molecule has 95 heavy (non-hydrogen) atoms. The fourth-order valence-electron chi connectivity index (χ4n) is 12.2. The Bertz CT molecular complexity index is 2020. The zero-order valence-electron chi connectivity index (χ0n) is 58.0. The Morgan fingerprint density at radius 3 is 1.15 bits per heavy atom. The van der Waals surface area contributed by atoms with Crippen LogP contribution in [0.15, 0.2) is 12.2 Å². The van der Waals surface area contributed by atoms with Crippen LogP contribution in [-0.2, 0) is 61.2 Å². The zero-order chi connectivity index (χ0) is 69.6. The molecule has 3 rings (SSSR count). The highest BCUT2D eigenvalue weighted by molar-refractivity contribution is 7.47. The summed E-state index contributed by atoms with van der Waals surface area (Å²) in [4.78, 5) is 50.9. The first kappa shape index (κ1) is 86.9. The maximum absolute atomic E-state index is 14.3. The van der Waals surface area contributed by atoms with Crippen LogP contribution in [-0.4, -0.2) is 204 Å². The second-order valence-corrected chi connectivity index (χ2v) is 28.1. The number of phosphoric acid groups is 1. The highest BCUT2D eigenvalue weighted by Crippen LogP contribution is 2.49. The predicted molar refractivity (Wildman–Crippen MR) is 356 cm³/mol. The smallest absolute Gasteiger partial charge is 0.463 e. The summed E-state index contributed by atoms with van der Waals surface area (Å²) in [5.41, 5.74) is 0. The number of aliphatic hydroxyl groups is 10. The molecule has 3 aliphatic rings. The van der Waals surface area contributed by atoms with Crippen molar-refractivity contribution in [3.63, 3.8) is 0 Å². The molecule has 0 spiro atoms. The Morgan fingerprint density at radius 2 is 0.737 bits per heavy atom. The minimum absolute atomic E-state index is 0.00958. The van der Waals surface area contributed by atoms with Crippen LogP contribution in [0.2, 0.25) is 0 Å². The Balaban J connectivity index is 1.75. The molecule has 558 valence electrons. The molecule has 1 aliphatic carbocycles. The van der Waals surface area contributed by atoms with Crippen LogP contribution in [0.25, 0.3) is 0 Å². The lowest BCUT2D eigenvalue weighted by molar-refractivity contribution is -0.360. The van der Waals surface area contributed by atoms with Crippen molar-refractivity contribution >= 4 is 25.7 Å². The summed E-state index contributed by atoms with van der Waals surface area (Å²) in [5, 5.41) is 110. The van der Waals surface area contributed by atoms with E-state index in [-0.39, 0.29) is 19.3 Å². The van der Waals surface area contributed by atoms with E-state index in [1.165, 1.54) is 128 Å². The van der Waals surface area contributed by atoms with Gasteiger partial charge in [-0.3, -0.25) is 23.4 Å². The van der Waals surface area contributed by atoms with Gasteiger partial charge in [0.25, 0.3) is 0 Å². The van der Waals surface area contributed by atoms with E-state index in [0.29, 0.717) is 19.3 Å². The Morgan fingerprint density at radius 1 is 0.400 bits per heavy atom. The van der Waals surface area contributed by atoms with E-state index in [1.54, 1.807) is 0 Å². The van der Waals surface area contributed by atoms with Crippen molar-refractivity contribution in [2.45, 2.75) is 388 Å². The van der Waals surface area contributed by atoms with Crippen molar-refractivity contribution in [2.75, 3.05) is 26.4 Å². The summed E-state index contributed by atoms with van der Waals surface area (Å²) in [6.45, 7) is 3.43. The van der Waals surface area contributed by atoms with Gasteiger partial charge in [-0.1, -0.05) is 232 Å². The van der Waals surface area contributed by atoms with Gasteiger partial charge in [0.2, 0.25) is 0 Å². The summed E-state index contributed by atoms with van der Waals surface area (Å²) in [6, 6.07) is 0. The molecule has 24 nitrogen and oxygen atoms in total. The SMILES string of the molecule is CCCCCCCCC/C=C\CCCCCC(=O)OCC1OC(OC2C(O)C(O)C(O)C(OC3OC(CO)C(O)C(O)C3O)C2OP(=O)(O)OCC(COC(=O)CCCCCCCCCCCCCC)OC(=O)CCCCCCCCCCCCCCCC)C(O)C(O)C1O. The van der Waals surface area contributed by atoms with Gasteiger partial charge in [-0.2, -0.15) is 0 Å². The Hall–Kier alpha value is -2.30.